The summed E-state index contributed by atoms with van der Waals surface area (Å²) in [4.78, 5) is 13.7. The summed E-state index contributed by atoms with van der Waals surface area (Å²) in [6, 6.07) is 7.05. The Balaban J connectivity index is 1.92. The second kappa shape index (κ2) is 5.44. The number of nitro groups is 1. The number of rotatable bonds is 5. The Morgan fingerprint density at radius 3 is 2.95 bits per heavy atom. The molecule has 108 valence electrons. The lowest BCUT2D eigenvalue weighted by molar-refractivity contribution is -0.384. The van der Waals surface area contributed by atoms with Gasteiger partial charge < -0.3 is 9.55 Å². The van der Waals surface area contributed by atoms with Crippen molar-refractivity contribution in [3.05, 3.63) is 64.1 Å². The predicted octanol–water partition coefficient (Wildman–Crippen LogP) is 3.88. The fraction of sp³-hybridized carbons (Fsp3) is 0.250. The number of benzene rings is 1. The molecule has 0 saturated carbocycles. The normalized spacial score (nSPS) is 11.1. The quantitative estimate of drug-likeness (QED) is 0.570. The van der Waals surface area contributed by atoms with Crippen LogP contribution in [0, 0.1) is 10.1 Å². The number of hydrogen-bond acceptors (Lipinski definition) is 2. The van der Waals surface area contributed by atoms with E-state index < -0.39 is 0 Å². The molecule has 3 rings (SSSR count). The topological polar surface area (TPSA) is 63.9 Å². The van der Waals surface area contributed by atoms with Gasteiger partial charge in [0.15, 0.2) is 0 Å². The molecular weight excluding hydrogens is 266 g/mol. The Morgan fingerprint density at radius 1 is 1.33 bits per heavy atom. The van der Waals surface area contributed by atoms with Crippen molar-refractivity contribution in [2.75, 3.05) is 0 Å². The van der Waals surface area contributed by atoms with Gasteiger partial charge in [-0.1, -0.05) is 13.3 Å². The van der Waals surface area contributed by atoms with E-state index in [2.05, 4.69) is 34.9 Å². The molecule has 0 aliphatic heterocycles. The molecule has 0 saturated heterocycles. The number of nitrogens with one attached hydrogen (secondary N) is 1. The van der Waals surface area contributed by atoms with Gasteiger partial charge in [-0.05, 0) is 29.7 Å². The van der Waals surface area contributed by atoms with Gasteiger partial charge in [-0.3, -0.25) is 10.1 Å². The van der Waals surface area contributed by atoms with Crippen LogP contribution in [0.3, 0.4) is 0 Å². The number of aromatic nitrogens is 2. The lowest BCUT2D eigenvalue weighted by Gasteiger charge is -2.02. The highest BCUT2D eigenvalue weighted by Crippen LogP contribution is 2.24. The third-order valence-electron chi connectivity index (χ3n) is 3.67. The van der Waals surface area contributed by atoms with Crippen molar-refractivity contribution in [1.29, 1.82) is 0 Å². The van der Waals surface area contributed by atoms with Crippen molar-refractivity contribution in [3.63, 3.8) is 0 Å². The van der Waals surface area contributed by atoms with E-state index in [-0.39, 0.29) is 10.6 Å². The van der Waals surface area contributed by atoms with Gasteiger partial charge in [0.2, 0.25) is 0 Å². The van der Waals surface area contributed by atoms with Crippen molar-refractivity contribution in [2.24, 2.45) is 0 Å². The van der Waals surface area contributed by atoms with E-state index in [9.17, 15) is 10.1 Å². The van der Waals surface area contributed by atoms with E-state index in [1.165, 1.54) is 11.6 Å². The Kier molecular flexibility index (Phi) is 3.48. The van der Waals surface area contributed by atoms with Crippen molar-refractivity contribution in [1.82, 2.24) is 9.55 Å². The van der Waals surface area contributed by atoms with Crippen LogP contribution in [0.25, 0.3) is 10.9 Å². The van der Waals surface area contributed by atoms with Crippen LogP contribution < -0.4 is 0 Å². The monoisotopic (exact) mass is 283 g/mol. The molecule has 21 heavy (non-hydrogen) atoms. The van der Waals surface area contributed by atoms with Gasteiger partial charge in [-0.15, -0.1) is 0 Å². The molecule has 0 bridgehead atoms. The summed E-state index contributed by atoms with van der Waals surface area (Å²) >= 11 is 0. The largest absolute Gasteiger partial charge is 0.361 e. The molecule has 2 heterocycles. The summed E-state index contributed by atoms with van der Waals surface area (Å²) in [5.41, 5.74) is 3.44. The maximum absolute atomic E-state index is 10.9. The van der Waals surface area contributed by atoms with Crippen molar-refractivity contribution >= 4 is 16.6 Å². The van der Waals surface area contributed by atoms with E-state index in [1.807, 2.05) is 6.20 Å². The van der Waals surface area contributed by atoms with Crippen LogP contribution in [0.4, 0.5) is 5.69 Å². The van der Waals surface area contributed by atoms with Gasteiger partial charge in [0.05, 0.1) is 4.92 Å². The zero-order valence-corrected chi connectivity index (χ0v) is 11.9. The van der Waals surface area contributed by atoms with Gasteiger partial charge >= 0.3 is 0 Å². The van der Waals surface area contributed by atoms with E-state index in [0.29, 0.717) is 6.54 Å². The first-order valence-electron chi connectivity index (χ1n) is 7.06. The van der Waals surface area contributed by atoms with Crippen LogP contribution in [0.2, 0.25) is 0 Å². The van der Waals surface area contributed by atoms with Gasteiger partial charge in [0.1, 0.15) is 0 Å². The second-order valence-corrected chi connectivity index (χ2v) is 5.24. The summed E-state index contributed by atoms with van der Waals surface area (Å²) in [6.45, 7) is 2.88. The van der Waals surface area contributed by atoms with Crippen LogP contribution >= 0.6 is 0 Å². The van der Waals surface area contributed by atoms with Crippen molar-refractivity contribution < 1.29 is 4.92 Å². The highest BCUT2D eigenvalue weighted by molar-refractivity contribution is 5.85. The maximum atomic E-state index is 10.9. The third-order valence-corrected chi connectivity index (χ3v) is 3.67. The Morgan fingerprint density at radius 2 is 2.19 bits per heavy atom. The minimum Gasteiger partial charge on any atom is -0.361 e. The maximum Gasteiger partial charge on any atom is 0.270 e. The fourth-order valence-corrected chi connectivity index (χ4v) is 2.63. The molecule has 0 aliphatic carbocycles. The predicted molar refractivity (Wildman–Crippen MR) is 82.5 cm³/mol. The van der Waals surface area contributed by atoms with Crippen LogP contribution in [-0.2, 0) is 13.0 Å². The minimum atomic E-state index is -0.356. The second-order valence-electron chi connectivity index (χ2n) is 5.24. The van der Waals surface area contributed by atoms with Crippen LogP contribution in [0.5, 0.6) is 0 Å². The van der Waals surface area contributed by atoms with E-state index >= 15 is 0 Å². The van der Waals surface area contributed by atoms with Crippen LogP contribution in [0.1, 0.15) is 24.5 Å². The van der Waals surface area contributed by atoms with E-state index in [1.54, 1.807) is 12.1 Å². The number of aryl methyl sites for hydroxylation is 1. The van der Waals surface area contributed by atoms with E-state index in [0.717, 1.165) is 29.3 Å². The first-order valence-corrected chi connectivity index (χ1v) is 7.06. The average Bonchev–Trinajstić information content (AvgIpc) is 3.07. The molecule has 5 nitrogen and oxygen atoms in total. The molecule has 1 aromatic carbocycles. The number of H-pyrrole nitrogens is 1. The first kappa shape index (κ1) is 13.4. The highest BCUT2D eigenvalue weighted by atomic mass is 16.6. The lowest BCUT2D eigenvalue weighted by Crippen LogP contribution is -1.95. The van der Waals surface area contributed by atoms with Crippen molar-refractivity contribution in [3.8, 4) is 0 Å². The Labute approximate surface area is 122 Å². The average molecular weight is 283 g/mol. The fourth-order valence-electron chi connectivity index (χ4n) is 2.63. The number of non-ortho nitro benzene ring substituents is 1. The molecule has 0 spiro atoms. The molecule has 5 heteroatoms. The molecular formula is C16H17N3O2. The minimum absolute atomic E-state index is 0.127. The molecule has 3 aromatic rings. The molecule has 0 atom stereocenters. The zero-order valence-electron chi connectivity index (χ0n) is 11.9. The summed E-state index contributed by atoms with van der Waals surface area (Å²) in [5, 5.41) is 11.8. The van der Waals surface area contributed by atoms with E-state index in [4.69, 9.17) is 0 Å². The lowest BCUT2D eigenvalue weighted by atomic mass is 10.1. The Hall–Kier alpha value is -2.56. The smallest absolute Gasteiger partial charge is 0.270 e. The summed E-state index contributed by atoms with van der Waals surface area (Å²) in [5.74, 6) is 0. The van der Waals surface area contributed by atoms with Crippen molar-refractivity contribution in [2.45, 2.75) is 26.3 Å². The molecule has 0 fully saturated rings. The SMILES string of the molecule is CCCc1ccn(Cc2c[nH]c3ccc([N+](=O)[O-])cc23)c1. The number of nitrogens with zero attached hydrogens (tertiary/aromatic N) is 2. The van der Waals surface area contributed by atoms with Gasteiger partial charge in [0.25, 0.3) is 5.69 Å². The number of fused-ring (bicyclic) bond motifs is 1. The summed E-state index contributed by atoms with van der Waals surface area (Å²) in [7, 11) is 0. The van der Waals surface area contributed by atoms with Gasteiger partial charge in [-0.25, -0.2) is 0 Å². The summed E-state index contributed by atoms with van der Waals surface area (Å²) < 4.78 is 2.12. The van der Waals surface area contributed by atoms with Gasteiger partial charge in [-0.2, -0.15) is 0 Å². The van der Waals surface area contributed by atoms with Crippen LogP contribution in [0.15, 0.2) is 42.9 Å². The molecule has 0 unspecified atom stereocenters. The zero-order chi connectivity index (χ0) is 14.8. The molecule has 0 amide bonds. The third kappa shape index (κ3) is 2.67. The summed E-state index contributed by atoms with van der Waals surface area (Å²) in [6.07, 6.45) is 8.32. The molecule has 2 aromatic heterocycles. The molecule has 1 N–H and O–H groups in total. The highest BCUT2D eigenvalue weighted by Gasteiger charge is 2.10. The number of hydrogen-bond donors (Lipinski definition) is 1. The van der Waals surface area contributed by atoms with Gasteiger partial charge in [0, 0.05) is 48.2 Å². The molecule has 0 radical (unpaired) electrons. The number of aromatic amines is 1. The standard InChI is InChI=1S/C16H17N3O2/c1-2-3-12-6-7-18(10-12)11-13-9-17-16-5-4-14(19(20)21)8-15(13)16/h4-10,17H,2-3,11H2,1H3. The molecule has 0 aliphatic rings. The number of nitro benzene ring substituents is 1. The van der Waals surface area contributed by atoms with Crippen LogP contribution in [-0.4, -0.2) is 14.5 Å². The Bertz CT molecular complexity index is 786. The first-order chi connectivity index (χ1) is 10.2.